The molecule has 0 radical (unpaired) electrons. The fourth-order valence-corrected chi connectivity index (χ4v) is 1.84. The molecule has 1 rings (SSSR count). The van der Waals surface area contributed by atoms with Crippen molar-refractivity contribution in [3.63, 3.8) is 0 Å². The van der Waals surface area contributed by atoms with E-state index in [2.05, 4.69) is 0 Å². The van der Waals surface area contributed by atoms with Gasteiger partial charge in [-0.15, -0.1) is 0 Å². The fraction of sp³-hybridized carbons (Fsp3) is 1.00. The fourth-order valence-electron chi connectivity index (χ4n) is 1.84. The second-order valence-electron chi connectivity index (χ2n) is 4.13. The van der Waals surface area contributed by atoms with Crippen LogP contribution in [0.1, 0.15) is 19.3 Å². The summed E-state index contributed by atoms with van der Waals surface area (Å²) in [7, 11) is 1.75. The summed E-state index contributed by atoms with van der Waals surface area (Å²) >= 11 is 0. The van der Waals surface area contributed by atoms with Crippen LogP contribution in [-0.2, 0) is 0 Å². The van der Waals surface area contributed by atoms with Gasteiger partial charge in [0, 0.05) is 6.54 Å². The molecule has 0 aromatic rings. The maximum absolute atomic E-state index is 12.0. The van der Waals surface area contributed by atoms with Crippen molar-refractivity contribution >= 4 is 0 Å². The van der Waals surface area contributed by atoms with Crippen LogP contribution >= 0.6 is 0 Å². The van der Waals surface area contributed by atoms with Crippen LogP contribution in [0, 0.1) is 5.41 Å². The largest absolute Gasteiger partial charge is 0.330 e. The standard InChI is InChI=1S/C9H18F2N2/c1-13(6-8(10)11)7-9(2-3-9)4-5-12/h8H,2-7,12H2,1H3. The summed E-state index contributed by atoms with van der Waals surface area (Å²) < 4.78 is 24.0. The third kappa shape index (κ3) is 3.56. The predicted molar refractivity (Wildman–Crippen MR) is 48.8 cm³/mol. The second-order valence-corrected chi connectivity index (χ2v) is 4.13. The Hall–Kier alpha value is -0.220. The van der Waals surface area contributed by atoms with E-state index in [1.165, 1.54) is 0 Å². The highest BCUT2D eigenvalue weighted by molar-refractivity contribution is 4.95. The van der Waals surface area contributed by atoms with E-state index in [-0.39, 0.29) is 12.0 Å². The first-order valence-corrected chi connectivity index (χ1v) is 4.75. The van der Waals surface area contributed by atoms with Gasteiger partial charge in [0.1, 0.15) is 0 Å². The molecule has 1 aliphatic carbocycles. The zero-order valence-electron chi connectivity index (χ0n) is 8.10. The SMILES string of the molecule is CN(CC(F)F)CC1(CCN)CC1. The van der Waals surface area contributed by atoms with Crippen LogP contribution in [0.15, 0.2) is 0 Å². The monoisotopic (exact) mass is 192 g/mol. The molecule has 0 spiro atoms. The Bertz CT molecular complexity index is 158. The summed E-state index contributed by atoms with van der Waals surface area (Å²) in [5.41, 5.74) is 5.74. The highest BCUT2D eigenvalue weighted by atomic mass is 19.3. The lowest BCUT2D eigenvalue weighted by Gasteiger charge is -2.22. The third-order valence-corrected chi connectivity index (χ3v) is 2.69. The number of rotatable bonds is 6. The maximum Gasteiger partial charge on any atom is 0.251 e. The van der Waals surface area contributed by atoms with Crippen molar-refractivity contribution < 1.29 is 8.78 Å². The zero-order valence-corrected chi connectivity index (χ0v) is 8.10. The van der Waals surface area contributed by atoms with Gasteiger partial charge in [-0.25, -0.2) is 8.78 Å². The summed E-state index contributed by atoms with van der Waals surface area (Å²) in [6.07, 6.45) is 1.05. The molecule has 2 nitrogen and oxygen atoms in total. The van der Waals surface area contributed by atoms with Crippen LogP contribution in [0.3, 0.4) is 0 Å². The van der Waals surface area contributed by atoms with Gasteiger partial charge >= 0.3 is 0 Å². The minimum Gasteiger partial charge on any atom is -0.330 e. The summed E-state index contributed by atoms with van der Waals surface area (Å²) in [5, 5.41) is 0. The normalized spacial score (nSPS) is 19.8. The van der Waals surface area contributed by atoms with Crippen molar-refractivity contribution in [2.24, 2.45) is 11.1 Å². The van der Waals surface area contributed by atoms with Gasteiger partial charge in [-0.2, -0.15) is 0 Å². The van der Waals surface area contributed by atoms with Gasteiger partial charge in [0.05, 0.1) is 6.54 Å². The molecule has 0 aromatic carbocycles. The summed E-state index contributed by atoms with van der Waals surface area (Å²) in [6, 6.07) is 0. The maximum atomic E-state index is 12.0. The smallest absolute Gasteiger partial charge is 0.251 e. The van der Waals surface area contributed by atoms with Crippen molar-refractivity contribution in [3.05, 3.63) is 0 Å². The van der Waals surface area contributed by atoms with Gasteiger partial charge in [-0.05, 0) is 38.3 Å². The van der Waals surface area contributed by atoms with E-state index < -0.39 is 6.43 Å². The average Bonchev–Trinajstić information content (AvgIpc) is 2.67. The molecule has 0 amide bonds. The summed E-state index contributed by atoms with van der Waals surface area (Å²) in [5.74, 6) is 0. The third-order valence-electron chi connectivity index (χ3n) is 2.69. The molecule has 0 heterocycles. The lowest BCUT2D eigenvalue weighted by molar-refractivity contribution is 0.0902. The van der Waals surface area contributed by atoms with Crippen molar-refractivity contribution in [1.29, 1.82) is 0 Å². The first kappa shape index (κ1) is 10.9. The average molecular weight is 192 g/mol. The molecule has 0 unspecified atom stereocenters. The van der Waals surface area contributed by atoms with Gasteiger partial charge in [0.2, 0.25) is 0 Å². The molecule has 0 aliphatic heterocycles. The van der Waals surface area contributed by atoms with E-state index in [1.807, 2.05) is 0 Å². The van der Waals surface area contributed by atoms with E-state index >= 15 is 0 Å². The Morgan fingerprint density at radius 1 is 1.46 bits per heavy atom. The lowest BCUT2D eigenvalue weighted by Crippen LogP contribution is -2.31. The van der Waals surface area contributed by atoms with E-state index in [4.69, 9.17) is 5.73 Å². The topological polar surface area (TPSA) is 29.3 Å². The minimum absolute atomic E-state index is 0.119. The van der Waals surface area contributed by atoms with Gasteiger partial charge in [-0.3, -0.25) is 0 Å². The van der Waals surface area contributed by atoms with E-state index in [9.17, 15) is 8.78 Å². The van der Waals surface area contributed by atoms with Gasteiger partial charge in [-0.1, -0.05) is 0 Å². The van der Waals surface area contributed by atoms with Crippen LogP contribution in [0.2, 0.25) is 0 Å². The van der Waals surface area contributed by atoms with Gasteiger partial charge in [0.15, 0.2) is 0 Å². The molecular weight excluding hydrogens is 174 g/mol. The zero-order chi connectivity index (χ0) is 9.90. The Labute approximate surface area is 78.1 Å². The van der Waals surface area contributed by atoms with Gasteiger partial charge in [0.25, 0.3) is 6.43 Å². The molecule has 1 aliphatic rings. The van der Waals surface area contributed by atoms with Crippen molar-refractivity contribution in [3.8, 4) is 0 Å². The molecule has 0 bridgehead atoms. The van der Waals surface area contributed by atoms with E-state index in [0.29, 0.717) is 6.54 Å². The molecular formula is C9H18F2N2. The van der Waals surface area contributed by atoms with E-state index in [0.717, 1.165) is 25.8 Å². The van der Waals surface area contributed by atoms with Crippen molar-refractivity contribution in [1.82, 2.24) is 4.90 Å². The minimum atomic E-state index is -2.22. The van der Waals surface area contributed by atoms with Crippen LogP contribution < -0.4 is 5.73 Å². The number of nitrogens with two attached hydrogens (primary N) is 1. The van der Waals surface area contributed by atoms with Crippen molar-refractivity contribution in [2.75, 3.05) is 26.7 Å². The molecule has 0 aromatic heterocycles. The Morgan fingerprint density at radius 2 is 2.08 bits per heavy atom. The number of hydrogen-bond acceptors (Lipinski definition) is 2. The first-order chi connectivity index (χ1) is 6.08. The van der Waals surface area contributed by atoms with Crippen LogP contribution in [0.4, 0.5) is 8.78 Å². The molecule has 0 saturated heterocycles. The number of alkyl halides is 2. The van der Waals surface area contributed by atoms with Crippen LogP contribution in [0.5, 0.6) is 0 Å². The van der Waals surface area contributed by atoms with Crippen LogP contribution in [0.25, 0.3) is 0 Å². The number of nitrogens with zero attached hydrogens (tertiary/aromatic N) is 1. The molecule has 1 saturated carbocycles. The Kier molecular flexibility index (Phi) is 3.62. The predicted octanol–water partition coefficient (Wildman–Crippen LogP) is 1.31. The molecule has 13 heavy (non-hydrogen) atoms. The van der Waals surface area contributed by atoms with Crippen molar-refractivity contribution in [2.45, 2.75) is 25.7 Å². The molecule has 1 fully saturated rings. The lowest BCUT2D eigenvalue weighted by atomic mass is 10.0. The number of halogens is 2. The summed E-state index contributed by atoms with van der Waals surface area (Å²) in [6.45, 7) is 1.32. The van der Waals surface area contributed by atoms with E-state index in [1.54, 1.807) is 11.9 Å². The molecule has 78 valence electrons. The molecule has 2 N–H and O–H groups in total. The highest BCUT2D eigenvalue weighted by Crippen LogP contribution is 2.48. The quantitative estimate of drug-likeness (QED) is 0.687. The highest BCUT2D eigenvalue weighted by Gasteiger charge is 2.42. The van der Waals surface area contributed by atoms with Crippen LogP contribution in [-0.4, -0.2) is 38.0 Å². The number of hydrogen-bond donors (Lipinski definition) is 1. The first-order valence-electron chi connectivity index (χ1n) is 4.75. The Balaban J connectivity index is 2.23. The van der Waals surface area contributed by atoms with Gasteiger partial charge < -0.3 is 10.6 Å². The summed E-state index contributed by atoms with van der Waals surface area (Å²) in [4.78, 5) is 1.72. The molecule has 4 heteroatoms. The Morgan fingerprint density at radius 3 is 2.46 bits per heavy atom. The second kappa shape index (κ2) is 4.33. The molecule has 0 atom stereocenters.